The van der Waals surface area contributed by atoms with E-state index in [1.54, 1.807) is 18.2 Å². The summed E-state index contributed by atoms with van der Waals surface area (Å²) in [4.78, 5) is 11.8. The highest BCUT2D eigenvalue weighted by Gasteiger charge is 2.09. The standard InChI is InChI=1S/C12H11N3OS2/c1-2-8-17-12-15-14-11(18-12)13-10(16)9-6-4-3-5-7-9/h2-7H,1,8H2,(H,13,14,16). The molecule has 0 fully saturated rings. The molecule has 18 heavy (non-hydrogen) atoms. The van der Waals surface area contributed by atoms with Gasteiger partial charge < -0.3 is 0 Å². The number of hydrogen-bond donors (Lipinski definition) is 1. The molecule has 0 unspecified atom stereocenters. The van der Waals surface area contributed by atoms with Crippen molar-refractivity contribution in [2.75, 3.05) is 11.1 Å². The number of nitrogens with one attached hydrogen (secondary N) is 1. The van der Waals surface area contributed by atoms with Gasteiger partial charge in [-0.25, -0.2) is 0 Å². The second-order valence-electron chi connectivity index (χ2n) is 3.29. The van der Waals surface area contributed by atoms with E-state index in [-0.39, 0.29) is 5.91 Å². The molecule has 6 heteroatoms. The first kappa shape index (κ1) is 12.8. The van der Waals surface area contributed by atoms with Crippen molar-refractivity contribution in [1.29, 1.82) is 0 Å². The molecule has 0 spiro atoms. The molecule has 0 bridgehead atoms. The van der Waals surface area contributed by atoms with E-state index in [1.807, 2.05) is 18.2 Å². The molecule has 1 aromatic carbocycles. The van der Waals surface area contributed by atoms with Crippen LogP contribution in [0.5, 0.6) is 0 Å². The van der Waals surface area contributed by atoms with Crippen LogP contribution in [0, 0.1) is 0 Å². The normalized spacial score (nSPS) is 10.0. The Morgan fingerprint density at radius 3 is 2.89 bits per heavy atom. The smallest absolute Gasteiger partial charge is 0.257 e. The van der Waals surface area contributed by atoms with Crippen LogP contribution in [0.1, 0.15) is 10.4 Å². The molecular weight excluding hydrogens is 266 g/mol. The molecule has 2 rings (SSSR count). The third kappa shape index (κ3) is 3.41. The summed E-state index contributed by atoms with van der Waals surface area (Å²) in [6.45, 7) is 3.64. The lowest BCUT2D eigenvalue weighted by molar-refractivity contribution is 0.102. The van der Waals surface area contributed by atoms with Gasteiger partial charge >= 0.3 is 0 Å². The lowest BCUT2D eigenvalue weighted by atomic mass is 10.2. The molecule has 0 radical (unpaired) electrons. The third-order valence-electron chi connectivity index (χ3n) is 1.99. The van der Waals surface area contributed by atoms with E-state index in [1.165, 1.54) is 23.1 Å². The fraction of sp³-hybridized carbons (Fsp3) is 0.0833. The fourth-order valence-corrected chi connectivity index (χ4v) is 2.72. The Labute approximate surface area is 113 Å². The predicted molar refractivity (Wildman–Crippen MR) is 75.2 cm³/mol. The molecule has 2 aromatic rings. The van der Waals surface area contributed by atoms with E-state index >= 15 is 0 Å². The van der Waals surface area contributed by atoms with Gasteiger partial charge in [0.2, 0.25) is 5.13 Å². The maximum Gasteiger partial charge on any atom is 0.257 e. The summed E-state index contributed by atoms with van der Waals surface area (Å²) >= 11 is 2.90. The lowest BCUT2D eigenvalue weighted by Gasteiger charge is -1.99. The van der Waals surface area contributed by atoms with E-state index in [0.29, 0.717) is 10.7 Å². The van der Waals surface area contributed by atoms with Gasteiger partial charge in [-0.15, -0.1) is 16.8 Å². The maximum absolute atomic E-state index is 11.8. The Bertz CT molecular complexity index is 539. The molecule has 0 aliphatic carbocycles. The largest absolute Gasteiger partial charge is 0.296 e. The average Bonchev–Trinajstić information content (AvgIpc) is 2.85. The van der Waals surface area contributed by atoms with E-state index < -0.39 is 0 Å². The van der Waals surface area contributed by atoms with Crippen molar-refractivity contribution in [3.8, 4) is 0 Å². The van der Waals surface area contributed by atoms with E-state index in [9.17, 15) is 4.79 Å². The van der Waals surface area contributed by atoms with Gasteiger partial charge in [0.1, 0.15) is 0 Å². The summed E-state index contributed by atoms with van der Waals surface area (Å²) in [5.41, 5.74) is 0.605. The minimum Gasteiger partial charge on any atom is -0.296 e. The Balaban J connectivity index is 1.99. The van der Waals surface area contributed by atoms with Crippen molar-refractivity contribution in [3.05, 3.63) is 48.6 Å². The maximum atomic E-state index is 11.8. The van der Waals surface area contributed by atoms with Gasteiger partial charge in [-0.3, -0.25) is 10.1 Å². The SMILES string of the molecule is C=CCSc1nnc(NC(=O)c2ccccc2)s1. The Morgan fingerprint density at radius 2 is 2.17 bits per heavy atom. The number of rotatable bonds is 5. The molecule has 0 aliphatic heterocycles. The molecule has 1 amide bonds. The summed E-state index contributed by atoms with van der Waals surface area (Å²) in [5, 5.41) is 11.1. The Morgan fingerprint density at radius 1 is 1.39 bits per heavy atom. The van der Waals surface area contributed by atoms with Crippen LogP contribution in [-0.2, 0) is 0 Å². The highest BCUT2D eigenvalue weighted by Crippen LogP contribution is 2.25. The van der Waals surface area contributed by atoms with Crippen LogP contribution in [0.25, 0.3) is 0 Å². The molecular formula is C12H11N3OS2. The van der Waals surface area contributed by atoms with Crippen molar-refractivity contribution in [3.63, 3.8) is 0 Å². The topological polar surface area (TPSA) is 54.9 Å². The van der Waals surface area contributed by atoms with Crippen LogP contribution >= 0.6 is 23.1 Å². The molecule has 0 saturated heterocycles. The number of amides is 1. The molecule has 92 valence electrons. The summed E-state index contributed by atoms with van der Waals surface area (Å²) in [5.74, 6) is 0.605. The van der Waals surface area contributed by atoms with Crippen molar-refractivity contribution in [1.82, 2.24) is 10.2 Å². The predicted octanol–water partition coefficient (Wildman–Crippen LogP) is 3.07. The second-order valence-corrected chi connectivity index (χ2v) is 5.54. The number of hydrogen-bond acceptors (Lipinski definition) is 5. The van der Waals surface area contributed by atoms with Crippen molar-refractivity contribution >= 4 is 34.1 Å². The zero-order valence-electron chi connectivity index (χ0n) is 9.50. The highest BCUT2D eigenvalue weighted by atomic mass is 32.2. The number of carbonyl (C=O) groups is 1. The Kier molecular flexibility index (Phi) is 4.49. The molecule has 1 heterocycles. The van der Waals surface area contributed by atoms with Crippen LogP contribution in [0.2, 0.25) is 0 Å². The van der Waals surface area contributed by atoms with Gasteiger partial charge in [-0.05, 0) is 12.1 Å². The second kappa shape index (κ2) is 6.32. The summed E-state index contributed by atoms with van der Waals surface area (Å²) in [7, 11) is 0. The van der Waals surface area contributed by atoms with Crippen molar-refractivity contribution in [2.45, 2.75) is 4.34 Å². The first-order valence-corrected chi connectivity index (χ1v) is 7.03. The van der Waals surface area contributed by atoms with Crippen LogP contribution in [0.15, 0.2) is 47.3 Å². The third-order valence-corrected chi connectivity index (χ3v) is 3.96. The van der Waals surface area contributed by atoms with Gasteiger partial charge in [-0.2, -0.15) is 0 Å². The van der Waals surface area contributed by atoms with Gasteiger partial charge in [0.15, 0.2) is 4.34 Å². The average molecular weight is 277 g/mol. The zero-order chi connectivity index (χ0) is 12.8. The monoisotopic (exact) mass is 277 g/mol. The van der Waals surface area contributed by atoms with Crippen LogP contribution in [0.3, 0.4) is 0 Å². The number of carbonyl (C=O) groups excluding carboxylic acids is 1. The van der Waals surface area contributed by atoms with Crippen molar-refractivity contribution in [2.24, 2.45) is 0 Å². The van der Waals surface area contributed by atoms with Crippen LogP contribution < -0.4 is 5.32 Å². The highest BCUT2D eigenvalue weighted by molar-refractivity contribution is 8.01. The summed E-state index contributed by atoms with van der Waals surface area (Å²) in [6.07, 6.45) is 1.80. The number of aromatic nitrogens is 2. The number of anilines is 1. The zero-order valence-corrected chi connectivity index (χ0v) is 11.1. The van der Waals surface area contributed by atoms with Crippen LogP contribution in [0.4, 0.5) is 5.13 Å². The minimum atomic E-state index is -0.174. The molecule has 1 aromatic heterocycles. The minimum absolute atomic E-state index is 0.174. The quantitative estimate of drug-likeness (QED) is 0.518. The summed E-state index contributed by atoms with van der Waals surface area (Å²) in [6, 6.07) is 9.01. The van der Waals surface area contributed by atoms with E-state index in [4.69, 9.17) is 0 Å². The molecule has 0 atom stereocenters. The molecule has 0 aliphatic rings. The van der Waals surface area contributed by atoms with E-state index in [2.05, 4.69) is 22.1 Å². The fourth-order valence-electron chi connectivity index (χ4n) is 1.21. The first-order valence-electron chi connectivity index (χ1n) is 5.23. The molecule has 4 nitrogen and oxygen atoms in total. The van der Waals surface area contributed by atoms with Gasteiger partial charge in [0.05, 0.1) is 0 Å². The van der Waals surface area contributed by atoms with Gasteiger partial charge in [0.25, 0.3) is 5.91 Å². The number of nitrogens with zero attached hydrogens (tertiary/aromatic N) is 2. The number of thioether (sulfide) groups is 1. The molecule has 1 N–H and O–H groups in total. The van der Waals surface area contributed by atoms with Gasteiger partial charge in [0, 0.05) is 11.3 Å². The van der Waals surface area contributed by atoms with Crippen molar-refractivity contribution < 1.29 is 4.79 Å². The van der Waals surface area contributed by atoms with Gasteiger partial charge in [-0.1, -0.05) is 47.4 Å². The molecule has 0 saturated carbocycles. The Hall–Kier alpha value is -1.66. The lowest BCUT2D eigenvalue weighted by Crippen LogP contribution is -2.11. The van der Waals surface area contributed by atoms with Crippen LogP contribution in [-0.4, -0.2) is 21.9 Å². The first-order chi connectivity index (χ1) is 8.79. The summed E-state index contributed by atoms with van der Waals surface area (Å²) < 4.78 is 0.818. The van der Waals surface area contributed by atoms with E-state index in [0.717, 1.165) is 10.1 Å². The number of benzene rings is 1.